The van der Waals surface area contributed by atoms with Crippen molar-refractivity contribution in [3.8, 4) is 23.3 Å². The zero-order valence-corrected chi connectivity index (χ0v) is 19.4. The number of amides is 1. The Morgan fingerprint density at radius 1 is 1.09 bits per heavy atom. The molecule has 0 radical (unpaired) electrons. The number of rotatable bonds is 5. The fourth-order valence-corrected chi connectivity index (χ4v) is 4.85. The summed E-state index contributed by atoms with van der Waals surface area (Å²) in [5.41, 5.74) is 1.93. The Morgan fingerprint density at radius 2 is 1.91 bits per heavy atom. The summed E-state index contributed by atoms with van der Waals surface area (Å²) in [5.74, 6) is 8.29. The van der Waals surface area contributed by atoms with E-state index in [4.69, 9.17) is 9.47 Å². The van der Waals surface area contributed by atoms with Crippen LogP contribution >= 0.6 is 0 Å². The number of anilines is 1. The topological polar surface area (TPSA) is 64.6 Å². The van der Waals surface area contributed by atoms with E-state index in [9.17, 15) is 9.59 Å². The minimum atomic E-state index is -0.570. The van der Waals surface area contributed by atoms with Crippen molar-refractivity contribution in [2.75, 3.05) is 12.4 Å². The largest absolute Gasteiger partial charge is 0.493 e. The first kappa shape index (κ1) is 22.9. The summed E-state index contributed by atoms with van der Waals surface area (Å²) >= 11 is 0. The first-order chi connectivity index (χ1) is 16.0. The number of Topliss-reactive ketones (excluding diaryl/α,β-unsaturated/α-hetero) is 1. The lowest BCUT2D eigenvalue weighted by Gasteiger charge is -2.33. The molecule has 2 saturated carbocycles. The van der Waals surface area contributed by atoms with Gasteiger partial charge in [-0.15, -0.1) is 0 Å². The van der Waals surface area contributed by atoms with E-state index < -0.39 is 5.41 Å². The summed E-state index contributed by atoms with van der Waals surface area (Å²) in [5, 5.41) is 2.79. The predicted octanol–water partition coefficient (Wildman–Crippen LogP) is 5.41. The lowest BCUT2D eigenvalue weighted by molar-refractivity contribution is -0.121. The number of carbonyl (C=O) groups is 2. The predicted molar refractivity (Wildman–Crippen MR) is 129 cm³/mol. The van der Waals surface area contributed by atoms with Crippen LogP contribution in [0.1, 0.15) is 69.4 Å². The van der Waals surface area contributed by atoms with Crippen LogP contribution in [0.2, 0.25) is 0 Å². The number of ketones is 1. The number of benzene rings is 2. The summed E-state index contributed by atoms with van der Waals surface area (Å²) in [6.45, 7) is 1.48. The van der Waals surface area contributed by atoms with E-state index in [0.717, 1.165) is 42.6 Å². The van der Waals surface area contributed by atoms with Gasteiger partial charge in [-0.1, -0.05) is 24.0 Å². The van der Waals surface area contributed by atoms with Crippen LogP contribution in [0.4, 0.5) is 5.69 Å². The normalized spacial score (nSPS) is 20.6. The fourth-order valence-electron chi connectivity index (χ4n) is 4.85. The van der Waals surface area contributed by atoms with Crippen LogP contribution in [0.15, 0.2) is 42.5 Å². The maximum absolute atomic E-state index is 12.6. The second-order valence-electron chi connectivity index (χ2n) is 9.05. The highest BCUT2D eigenvalue weighted by Crippen LogP contribution is 2.42. The summed E-state index contributed by atoms with van der Waals surface area (Å²) in [6, 6.07) is 13.4. The van der Waals surface area contributed by atoms with E-state index in [1.807, 2.05) is 42.5 Å². The van der Waals surface area contributed by atoms with Crippen molar-refractivity contribution in [3.63, 3.8) is 0 Å². The van der Waals surface area contributed by atoms with Crippen LogP contribution in [0.3, 0.4) is 0 Å². The van der Waals surface area contributed by atoms with Crippen LogP contribution in [0, 0.1) is 11.8 Å². The molecule has 1 unspecified atom stereocenters. The molecule has 0 heterocycles. The summed E-state index contributed by atoms with van der Waals surface area (Å²) in [4.78, 5) is 24.0. The first-order valence-corrected chi connectivity index (χ1v) is 11.8. The minimum absolute atomic E-state index is 0.123. The molecule has 1 atom stereocenters. The van der Waals surface area contributed by atoms with Crippen molar-refractivity contribution in [2.45, 2.75) is 69.8 Å². The molecule has 2 aliphatic rings. The van der Waals surface area contributed by atoms with Gasteiger partial charge in [0.2, 0.25) is 5.91 Å². The van der Waals surface area contributed by atoms with E-state index in [1.54, 1.807) is 7.11 Å². The average Bonchev–Trinajstić information content (AvgIpc) is 3.31. The average molecular weight is 446 g/mol. The third kappa shape index (κ3) is 5.57. The Labute approximate surface area is 195 Å². The van der Waals surface area contributed by atoms with Gasteiger partial charge < -0.3 is 14.8 Å². The number of carbonyl (C=O) groups excluding carboxylic acids is 2. The molecule has 0 bridgehead atoms. The van der Waals surface area contributed by atoms with Crippen molar-refractivity contribution in [1.29, 1.82) is 0 Å². The molecular weight excluding hydrogens is 414 g/mol. The smallest absolute Gasteiger partial charge is 0.221 e. The molecule has 2 fully saturated rings. The molecule has 2 aromatic rings. The van der Waals surface area contributed by atoms with Gasteiger partial charge in [0.25, 0.3) is 0 Å². The zero-order valence-electron chi connectivity index (χ0n) is 19.4. The highest BCUT2D eigenvalue weighted by atomic mass is 16.5. The van der Waals surface area contributed by atoms with Gasteiger partial charge in [0.15, 0.2) is 11.5 Å². The summed E-state index contributed by atoms with van der Waals surface area (Å²) in [6.07, 6.45) is 7.31. The third-order valence-corrected chi connectivity index (χ3v) is 6.50. The van der Waals surface area contributed by atoms with E-state index in [0.29, 0.717) is 24.3 Å². The van der Waals surface area contributed by atoms with Crippen LogP contribution in [0.25, 0.3) is 0 Å². The van der Waals surface area contributed by atoms with Crippen LogP contribution in [-0.4, -0.2) is 24.9 Å². The molecule has 5 heteroatoms. The second kappa shape index (κ2) is 10.1. The van der Waals surface area contributed by atoms with Crippen molar-refractivity contribution in [2.24, 2.45) is 0 Å². The van der Waals surface area contributed by atoms with E-state index in [1.165, 1.54) is 19.8 Å². The Kier molecular flexibility index (Phi) is 7.03. The van der Waals surface area contributed by atoms with Gasteiger partial charge in [-0.25, -0.2) is 0 Å². The molecule has 0 spiro atoms. The zero-order chi connectivity index (χ0) is 23.3. The van der Waals surface area contributed by atoms with Crippen LogP contribution in [-0.2, 0) is 15.0 Å². The monoisotopic (exact) mass is 445 g/mol. The Hall–Kier alpha value is -3.26. The van der Waals surface area contributed by atoms with Crippen molar-refractivity contribution >= 4 is 17.4 Å². The molecule has 0 saturated heterocycles. The van der Waals surface area contributed by atoms with Gasteiger partial charge in [-0.2, -0.15) is 0 Å². The second-order valence-corrected chi connectivity index (χ2v) is 9.05. The molecule has 0 aliphatic heterocycles. The van der Waals surface area contributed by atoms with Gasteiger partial charge in [0, 0.05) is 31.0 Å². The van der Waals surface area contributed by atoms with Gasteiger partial charge in [-0.3, -0.25) is 9.59 Å². The summed E-state index contributed by atoms with van der Waals surface area (Å²) in [7, 11) is 1.65. The molecule has 1 amide bonds. The lowest BCUT2D eigenvalue weighted by atomic mass is 9.69. The van der Waals surface area contributed by atoms with E-state index in [-0.39, 0.29) is 17.8 Å². The molecule has 2 aliphatic carbocycles. The summed E-state index contributed by atoms with van der Waals surface area (Å²) < 4.78 is 11.9. The fraction of sp³-hybridized carbons (Fsp3) is 0.429. The third-order valence-electron chi connectivity index (χ3n) is 6.50. The minimum Gasteiger partial charge on any atom is -0.493 e. The maximum atomic E-state index is 12.6. The highest BCUT2D eigenvalue weighted by molar-refractivity contribution is 5.88. The number of ether oxygens (including phenoxy) is 2. The van der Waals surface area contributed by atoms with Crippen molar-refractivity contribution in [1.82, 2.24) is 0 Å². The van der Waals surface area contributed by atoms with Gasteiger partial charge >= 0.3 is 0 Å². The van der Waals surface area contributed by atoms with Gasteiger partial charge in [0.1, 0.15) is 5.78 Å². The quantitative estimate of drug-likeness (QED) is 0.625. The van der Waals surface area contributed by atoms with Crippen LogP contribution < -0.4 is 14.8 Å². The Bertz CT molecular complexity index is 1090. The van der Waals surface area contributed by atoms with E-state index >= 15 is 0 Å². The maximum Gasteiger partial charge on any atom is 0.221 e. The molecule has 1 N–H and O–H groups in total. The molecule has 172 valence electrons. The van der Waals surface area contributed by atoms with Crippen molar-refractivity contribution < 1.29 is 19.1 Å². The number of hydrogen-bond acceptors (Lipinski definition) is 4. The molecule has 4 rings (SSSR count). The number of hydrogen-bond donors (Lipinski definition) is 1. The van der Waals surface area contributed by atoms with E-state index in [2.05, 4.69) is 17.2 Å². The molecule has 33 heavy (non-hydrogen) atoms. The molecule has 0 aromatic heterocycles. The molecular formula is C28H31NO4. The highest BCUT2D eigenvalue weighted by Gasteiger charge is 2.37. The number of nitrogens with one attached hydrogen (secondary N) is 1. The first-order valence-electron chi connectivity index (χ1n) is 11.8. The Balaban J connectivity index is 1.70. The lowest BCUT2D eigenvalue weighted by Crippen LogP contribution is -2.32. The number of methoxy groups -OCH3 is 1. The van der Waals surface area contributed by atoms with Crippen molar-refractivity contribution in [3.05, 3.63) is 53.6 Å². The van der Waals surface area contributed by atoms with Gasteiger partial charge in [0.05, 0.1) is 18.6 Å². The SMILES string of the molecule is COc1ccc(C2(C#Cc3cccc(NC(C)=O)c3)CCCC(=O)C2)cc1OC1CCCC1. The Morgan fingerprint density at radius 3 is 2.64 bits per heavy atom. The molecule has 2 aromatic carbocycles. The molecule has 5 nitrogen and oxygen atoms in total. The van der Waals surface area contributed by atoms with Gasteiger partial charge in [-0.05, 0) is 74.4 Å². The van der Waals surface area contributed by atoms with Crippen LogP contribution in [0.5, 0.6) is 11.5 Å². The standard InChI is InChI=1S/C28H31NO4/c1-20(30)29-23-8-5-7-21(17-23)14-16-28(15-6-9-24(31)19-28)22-12-13-26(32-2)27(18-22)33-25-10-3-4-11-25/h5,7-8,12-13,17-18,25H,3-4,6,9-11,15,19H2,1-2H3,(H,29,30).